The molecule has 0 unspecified atom stereocenters. The molecule has 23 heteroatoms. The summed E-state index contributed by atoms with van der Waals surface area (Å²) in [5, 5.41) is 24.0. The number of ether oxygens (including phenoxy) is 11. The minimum atomic E-state index is -4.95. The first-order valence-electron chi connectivity index (χ1n) is 28.2. The van der Waals surface area contributed by atoms with Gasteiger partial charge in [0.15, 0.2) is 0 Å². The van der Waals surface area contributed by atoms with E-state index >= 15 is 0 Å². The van der Waals surface area contributed by atoms with E-state index in [0.29, 0.717) is 69.8 Å². The fraction of sp³-hybridized carbons (Fsp3) is 0.855. The van der Waals surface area contributed by atoms with Crippen LogP contribution < -0.4 is 0 Å². The van der Waals surface area contributed by atoms with Crippen molar-refractivity contribution in [1.82, 2.24) is 0 Å². The number of hydrogen-bond acceptors (Lipinski definition) is 19. The van der Waals surface area contributed by atoms with Gasteiger partial charge in [0.2, 0.25) is 0 Å². The second kappa shape index (κ2) is 21.1. The quantitative estimate of drug-likeness (QED) is 0.120. The zero-order valence-corrected chi connectivity index (χ0v) is 47.3. The molecule has 11 rings (SSSR count). The van der Waals surface area contributed by atoms with Crippen molar-refractivity contribution in [3.63, 3.8) is 0 Å². The van der Waals surface area contributed by atoms with Crippen LogP contribution in [0.3, 0.4) is 0 Å². The van der Waals surface area contributed by atoms with Crippen LogP contribution in [0.15, 0.2) is 49.1 Å². The SMILES string of the molecule is C=CCC(=C)/C=C/[C@](C)(O)[C@H]1O[C@@H]2C[C@@H]3O[C@@H]4C[C@@H]5O[C@@H]6C[C@@H]7O[C@@H]8C[C@@H]9O[C@@H]%10C[C@@H]%11O[C@](C)(CCOS(=O)(=O)O)[C@@H](OS(=O)(=O)O)C[C@H]%11O[C@H]%10C[C@H]9O[C@H]8CC[C@@]7(C)O[C@@]6(C)CC[C@@H](C)[C@H]5O[C@H]4[C@@H](O)[C@@]3(C)O[C@H]2CC1=C. The summed E-state index contributed by atoms with van der Waals surface area (Å²) in [5.41, 5.74) is -3.71. The normalized spacial score (nSPS) is 51.0. The van der Waals surface area contributed by atoms with Gasteiger partial charge in [0.05, 0.1) is 121 Å². The summed E-state index contributed by atoms with van der Waals surface area (Å²) in [5.74, 6) is 0.0665. The van der Waals surface area contributed by atoms with Crippen molar-refractivity contribution < 1.29 is 96.6 Å². The summed E-state index contributed by atoms with van der Waals surface area (Å²) in [7, 11) is -9.74. The zero-order valence-electron chi connectivity index (χ0n) is 45.6. The van der Waals surface area contributed by atoms with Gasteiger partial charge in [-0.2, -0.15) is 16.8 Å². The molecule has 0 amide bonds. The third-order valence-corrected chi connectivity index (χ3v) is 20.6. The first-order valence-corrected chi connectivity index (χ1v) is 30.9. The molecule has 0 aromatic carbocycles. The van der Waals surface area contributed by atoms with Gasteiger partial charge in [-0.05, 0) is 84.6 Å². The molecule has 0 spiro atoms. The molecule has 11 aliphatic rings. The van der Waals surface area contributed by atoms with E-state index in [1.54, 1.807) is 25.2 Å². The molecule has 440 valence electrons. The van der Waals surface area contributed by atoms with E-state index in [1.165, 1.54) is 6.92 Å². The fourth-order valence-electron chi connectivity index (χ4n) is 15.3. The van der Waals surface area contributed by atoms with Crippen LogP contribution in [0, 0.1) is 5.92 Å². The Bertz CT molecular complexity index is 2540. The second-order valence-electron chi connectivity index (χ2n) is 25.5. The molecule has 0 aromatic rings. The van der Waals surface area contributed by atoms with Gasteiger partial charge in [0.1, 0.15) is 35.6 Å². The molecular weight excluding hydrogens is 1060 g/mol. The van der Waals surface area contributed by atoms with Crippen LogP contribution in [0.1, 0.15) is 131 Å². The minimum absolute atomic E-state index is 0.00240. The maximum atomic E-state index is 12.3. The maximum Gasteiger partial charge on any atom is 0.397 e. The van der Waals surface area contributed by atoms with E-state index in [9.17, 15) is 31.6 Å². The molecule has 11 saturated heterocycles. The number of aliphatic hydroxyl groups excluding tert-OH is 1. The third-order valence-electron chi connectivity index (χ3n) is 19.6. The van der Waals surface area contributed by atoms with E-state index in [1.807, 2.05) is 6.92 Å². The topological polar surface area (TPSA) is 269 Å². The summed E-state index contributed by atoms with van der Waals surface area (Å²) < 4.78 is 151. The van der Waals surface area contributed by atoms with Gasteiger partial charge in [-0.15, -0.1) is 6.58 Å². The van der Waals surface area contributed by atoms with Crippen LogP contribution in [-0.4, -0.2) is 193 Å². The Hall–Kier alpha value is -1.82. The molecule has 0 radical (unpaired) electrons. The Morgan fingerprint density at radius 3 is 1.91 bits per heavy atom. The maximum absolute atomic E-state index is 12.3. The predicted octanol–water partition coefficient (Wildman–Crippen LogP) is 5.06. The van der Waals surface area contributed by atoms with Crippen molar-refractivity contribution in [2.24, 2.45) is 5.92 Å². The van der Waals surface area contributed by atoms with Crippen LogP contribution in [0.4, 0.5) is 0 Å². The average molecular weight is 1140 g/mol. The average Bonchev–Trinajstić information content (AvgIpc) is 3.48. The van der Waals surface area contributed by atoms with Gasteiger partial charge >= 0.3 is 20.8 Å². The molecule has 11 fully saturated rings. The molecule has 78 heavy (non-hydrogen) atoms. The monoisotopic (exact) mass is 1140 g/mol. The first-order chi connectivity index (χ1) is 36.5. The number of allylic oxidation sites excluding steroid dienone is 3. The lowest BCUT2D eigenvalue weighted by Gasteiger charge is -2.61. The van der Waals surface area contributed by atoms with Crippen molar-refractivity contribution in [3.8, 4) is 0 Å². The molecule has 4 N–H and O–H groups in total. The van der Waals surface area contributed by atoms with Crippen LogP contribution in [0.5, 0.6) is 0 Å². The van der Waals surface area contributed by atoms with Gasteiger partial charge in [0.25, 0.3) is 0 Å². The summed E-state index contributed by atoms with van der Waals surface area (Å²) in [4.78, 5) is 0. The molecule has 0 aromatic heterocycles. The van der Waals surface area contributed by atoms with E-state index in [0.717, 1.165) is 18.4 Å². The van der Waals surface area contributed by atoms with Crippen LogP contribution in [0.25, 0.3) is 0 Å². The highest BCUT2D eigenvalue weighted by Crippen LogP contribution is 2.54. The zero-order chi connectivity index (χ0) is 55.7. The van der Waals surface area contributed by atoms with Crippen molar-refractivity contribution >= 4 is 20.8 Å². The van der Waals surface area contributed by atoms with E-state index < -0.39 is 129 Å². The lowest BCUT2D eigenvalue weighted by Crippen LogP contribution is -2.74. The molecule has 0 saturated carbocycles. The van der Waals surface area contributed by atoms with E-state index in [4.69, 9.17) is 60.8 Å². The molecule has 26 atom stereocenters. The van der Waals surface area contributed by atoms with Crippen molar-refractivity contribution in [3.05, 3.63) is 49.1 Å². The van der Waals surface area contributed by atoms with Crippen molar-refractivity contribution in [2.75, 3.05) is 6.61 Å². The van der Waals surface area contributed by atoms with Crippen LogP contribution in [-0.2, 0) is 81.3 Å². The third kappa shape index (κ3) is 11.2. The smallest absolute Gasteiger partial charge is 0.387 e. The Labute approximate surface area is 458 Å². The fourth-order valence-corrected chi connectivity index (χ4v) is 16.2. The van der Waals surface area contributed by atoms with Crippen LogP contribution in [0.2, 0.25) is 0 Å². The Morgan fingerprint density at radius 2 is 1.26 bits per heavy atom. The predicted molar refractivity (Wildman–Crippen MR) is 276 cm³/mol. The summed E-state index contributed by atoms with van der Waals surface area (Å²) >= 11 is 0. The number of fused-ring (bicyclic) bond motifs is 10. The molecule has 11 aliphatic heterocycles. The van der Waals surface area contributed by atoms with Gasteiger partial charge in [-0.3, -0.25) is 9.11 Å². The van der Waals surface area contributed by atoms with E-state index in [2.05, 4.69) is 44.7 Å². The standard InChI is InChI=1S/C55H82O21S2/c1-10-11-28(2)12-15-51(5,57)50-30(4)20-39-38(71-50)26-46-55(9,74-39)49(56)48-42(70-46)24-41-47(72-48)29(3)13-16-53(7)44(69-41)27-43-54(8,76-53)17-14-31-32(68-43)21-34-33(65-31)22-35-36(66-34)23-40-37(67-35)25-45(75-78(61,62)63)52(6,73-40)18-19-64-77(58,59)60/h10,12,15,29,31-50,56-57H,1-2,4,11,13-14,16-27H2,3,5-9H3,(H,58,59,60)(H,61,62,63)/b15-12+/t29-,31+,32-,33-,34+,35+,36-,37-,38-,39+,40+,41+,42-,43+,44-,45+,46+,47-,48-,49-,50+,51+,52-,53+,54-,55+/m1/s1. The highest BCUT2D eigenvalue weighted by Gasteiger charge is 2.65. The van der Waals surface area contributed by atoms with Crippen molar-refractivity contribution in [2.45, 2.75) is 282 Å². The lowest BCUT2D eigenvalue weighted by atomic mass is 9.73. The Kier molecular flexibility index (Phi) is 15.6. The highest BCUT2D eigenvalue weighted by molar-refractivity contribution is 7.81. The molecular formula is C55H82O21S2. The summed E-state index contributed by atoms with van der Waals surface area (Å²) in [6, 6.07) is 0. The Morgan fingerprint density at radius 1 is 0.692 bits per heavy atom. The van der Waals surface area contributed by atoms with Gasteiger partial charge in [-0.1, -0.05) is 43.9 Å². The van der Waals surface area contributed by atoms with Gasteiger partial charge in [0, 0.05) is 51.4 Å². The minimum Gasteiger partial charge on any atom is -0.387 e. The number of rotatable bonds is 11. The van der Waals surface area contributed by atoms with Crippen LogP contribution >= 0.6 is 0 Å². The molecule has 0 aliphatic carbocycles. The first kappa shape index (κ1) is 58.0. The van der Waals surface area contributed by atoms with Crippen molar-refractivity contribution in [1.29, 1.82) is 0 Å². The number of hydrogen-bond donors (Lipinski definition) is 4. The van der Waals surface area contributed by atoms with Gasteiger partial charge < -0.3 is 62.3 Å². The second-order valence-corrected chi connectivity index (χ2v) is 27.7. The highest BCUT2D eigenvalue weighted by atomic mass is 32.3. The summed E-state index contributed by atoms with van der Waals surface area (Å²) in [6.07, 6.45) is 1.75. The Balaban J connectivity index is 0.749. The largest absolute Gasteiger partial charge is 0.397 e. The van der Waals surface area contributed by atoms with E-state index in [-0.39, 0.29) is 67.6 Å². The molecule has 21 nitrogen and oxygen atoms in total. The lowest BCUT2D eigenvalue weighted by molar-refractivity contribution is -0.369. The summed E-state index contributed by atoms with van der Waals surface area (Å²) in [6.45, 7) is 23.2. The molecule has 11 heterocycles. The number of aliphatic hydroxyl groups is 2. The molecule has 0 bridgehead atoms. The van der Waals surface area contributed by atoms with Gasteiger partial charge in [-0.25, -0.2) is 8.37 Å².